The number of aromatic nitrogens is 1. The molecule has 0 radical (unpaired) electrons. The molecule has 0 bridgehead atoms. The number of hydrogen-bond donors (Lipinski definition) is 4. The first-order valence-electron chi connectivity index (χ1n) is 7.79. The van der Waals surface area contributed by atoms with Gasteiger partial charge in [0.1, 0.15) is 5.69 Å². The minimum absolute atomic E-state index is 0.0706. The summed E-state index contributed by atoms with van der Waals surface area (Å²) >= 11 is 0. The monoisotopic (exact) mass is 414 g/mol. The van der Waals surface area contributed by atoms with Crippen LogP contribution in [0.3, 0.4) is 0 Å². The average Bonchev–Trinajstić information content (AvgIpc) is 2.96. The topological polar surface area (TPSA) is 189 Å². The molecule has 0 aromatic carbocycles. The molecular weight excluding hydrogens is 400 g/mol. The van der Waals surface area contributed by atoms with E-state index in [0.717, 1.165) is 12.3 Å². The molecule has 6 amide bonds. The number of nitrogens with one attached hydrogen (secondary N) is 3. The number of β-lactam (4-membered cyclic amide) rings is 1. The lowest BCUT2D eigenvalue weighted by Gasteiger charge is -2.29. The van der Waals surface area contributed by atoms with Crippen molar-refractivity contribution in [1.82, 2.24) is 29.3 Å². The molecule has 14 nitrogen and oxygen atoms in total. The van der Waals surface area contributed by atoms with Gasteiger partial charge in [-0.1, -0.05) is 0 Å². The fraction of sp³-hybridized carbons (Fsp3) is 0.308. The van der Waals surface area contributed by atoms with Crippen LogP contribution in [0.2, 0.25) is 0 Å². The number of hydrazine groups is 1. The van der Waals surface area contributed by atoms with Crippen LogP contribution in [0.4, 0.5) is 9.59 Å². The molecule has 3 heterocycles. The van der Waals surface area contributed by atoms with E-state index < -0.39 is 45.3 Å². The summed E-state index contributed by atoms with van der Waals surface area (Å²) in [6.45, 7) is -0.534. The molecule has 0 unspecified atom stereocenters. The van der Waals surface area contributed by atoms with Crippen molar-refractivity contribution in [2.45, 2.75) is 6.42 Å². The number of pyridine rings is 1. The molecule has 2 fully saturated rings. The molecule has 1 aromatic rings. The Labute approximate surface area is 156 Å². The normalized spacial score (nSPS) is 16.8. The van der Waals surface area contributed by atoms with Gasteiger partial charge in [-0.3, -0.25) is 24.7 Å². The predicted molar refractivity (Wildman–Crippen MR) is 88.8 cm³/mol. The van der Waals surface area contributed by atoms with E-state index in [4.69, 9.17) is 5.11 Å². The summed E-state index contributed by atoms with van der Waals surface area (Å²) in [5.74, 6) is -2.08. The summed E-state index contributed by atoms with van der Waals surface area (Å²) in [5, 5.41) is 9.83. The molecule has 2 aliphatic rings. The van der Waals surface area contributed by atoms with Gasteiger partial charge in [-0.05, 0) is 0 Å². The number of H-pyrrole nitrogens is 1. The molecule has 3 rings (SSSR count). The van der Waals surface area contributed by atoms with Crippen molar-refractivity contribution in [3.8, 4) is 5.75 Å². The number of carbonyl (C=O) groups excluding carboxylic acids is 4. The first-order valence-corrected chi connectivity index (χ1v) is 9.23. The number of likely N-dealkylation sites (tertiary alicyclic amines) is 1. The average molecular weight is 414 g/mol. The molecule has 28 heavy (non-hydrogen) atoms. The smallest absolute Gasteiger partial charge is 0.353 e. The Balaban J connectivity index is 1.65. The summed E-state index contributed by atoms with van der Waals surface area (Å²) in [4.78, 5) is 61.6. The number of carbonyl (C=O) groups is 4. The summed E-state index contributed by atoms with van der Waals surface area (Å²) in [6, 6.07) is -1.53. The number of aromatic hydroxyl groups is 1. The Kier molecular flexibility index (Phi) is 4.68. The van der Waals surface area contributed by atoms with Crippen molar-refractivity contribution in [3.63, 3.8) is 0 Å². The highest BCUT2D eigenvalue weighted by atomic mass is 32.2. The van der Waals surface area contributed by atoms with Crippen LogP contribution in [0.1, 0.15) is 16.9 Å². The minimum Gasteiger partial charge on any atom is -0.503 e. The highest BCUT2D eigenvalue weighted by Gasteiger charge is 2.41. The molecule has 15 heteroatoms. The van der Waals surface area contributed by atoms with Crippen molar-refractivity contribution in [2.75, 3.05) is 19.6 Å². The molecule has 2 aliphatic heterocycles. The number of hydrogen-bond acceptors (Lipinski definition) is 8. The van der Waals surface area contributed by atoms with Crippen molar-refractivity contribution < 1.29 is 32.7 Å². The van der Waals surface area contributed by atoms with Gasteiger partial charge in [-0.25, -0.2) is 23.6 Å². The summed E-state index contributed by atoms with van der Waals surface area (Å²) in [5.41, 5.74) is 1.00. The maximum Gasteiger partial charge on any atom is 0.353 e. The second-order valence-corrected chi connectivity index (χ2v) is 7.35. The van der Waals surface area contributed by atoms with Crippen molar-refractivity contribution in [3.05, 3.63) is 28.2 Å². The van der Waals surface area contributed by atoms with Gasteiger partial charge in [-0.15, -0.1) is 0 Å². The maximum atomic E-state index is 12.3. The third-order valence-electron chi connectivity index (χ3n) is 3.95. The van der Waals surface area contributed by atoms with E-state index in [0.29, 0.717) is 14.2 Å². The molecule has 0 aliphatic carbocycles. The number of urea groups is 2. The van der Waals surface area contributed by atoms with E-state index in [1.165, 1.54) is 0 Å². The van der Waals surface area contributed by atoms with Crippen molar-refractivity contribution >= 4 is 34.1 Å². The Bertz CT molecular complexity index is 1030. The van der Waals surface area contributed by atoms with Gasteiger partial charge in [0, 0.05) is 25.2 Å². The summed E-state index contributed by atoms with van der Waals surface area (Å²) in [6.07, 6.45) is 1.00. The standard InChI is InChI=1S/C13H14N6O8S/c20-8-5-7(14-6-9(8)21)11(23)15-18-3-4-19(13(18)25)28(26,27)16-12(24)17-2-1-10(17)22/h5-6,21H,1-4H2,(H,14,20)(H,15,23)(H,16,24). The first-order chi connectivity index (χ1) is 13.1. The van der Waals surface area contributed by atoms with Crippen LogP contribution in [0.25, 0.3) is 0 Å². The van der Waals surface area contributed by atoms with Crippen LogP contribution >= 0.6 is 0 Å². The first kappa shape index (κ1) is 19.2. The van der Waals surface area contributed by atoms with Crippen LogP contribution in [0.5, 0.6) is 5.75 Å². The van der Waals surface area contributed by atoms with Crippen LogP contribution in [0.15, 0.2) is 17.1 Å². The van der Waals surface area contributed by atoms with Gasteiger partial charge in [0.05, 0.1) is 13.1 Å². The van der Waals surface area contributed by atoms with E-state index in [2.05, 4.69) is 10.4 Å². The second kappa shape index (κ2) is 6.84. The predicted octanol–water partition coefficient (Wildman–Crippen LogP) is -2.35. The van der Waals surface area contributed by atoms with Gasteiger partial charge in [-0.2, -0.15) is 8.42 Å². The number of imide groups is 1. The van der Waals surface area contributed by atoms with Crippen molar-refractivity contribution in [1.29, 1.82) is 0 Å². The van der Waals surface area contributed by atoms with E-state index >= 15 is 0 Å². The van der Waals surface area contributed by atoms with E-state index in [9.17, 15) is 32.4 Å². The Morgan fingerprint density at radius 1 is 1.14 bits per heavy atom. The molecule has 1 aromatic heterocycles. The van der Waals surface area contributed by atoms with Crippen LogP contribution < -0.4 is 15.6 Å². The Morgan fingerprint density at radius 3 is 2.43 bits per heavy atom. The van der Waals surface area contributed by atoms with Gasteiger partial charge >= 0.3 is 22.3 Å². The SMILES string of the molecule is O=C(NN1CCN(S(=O)(=O)NC(=O)N2CCC2=O)C1=O)c1cc(=O)c(O)c[nH]1. The summed E-state index contributed by atoms with van der Waals surface area (Å²) in [7, 11) is -4.59. The zero-order valence-corrected chi connectivity index (χ0v) is 14.9. The van der Waals surface area contributed by atoms with E-state index in [1.807, 2.05) is 0 Å². The summed E-state index contributed by atoms with van der Waals surface area (Å²) < 4.78 is 26.3. The Morgan fingerprint density at radius 2 is 1.86 bits per heavy atom. The number of rotatable bonds is 4. The minimum atomic E-state index is -4.59. The molecule has 2 saturated heterocycles. The largest absolute Gasteiger partial charge is 0.503 e. The van der Waals surface area contributed by atoms with E-state index in [-0.39, 0.29) is 31.7 Å². The number of nitrogens with zero attached hydrogens (tertiary/aromatic N) is 3. The van der Waals surface area contributed by atoms with Gasteiger partial charge in [0.15, 0.2) is 5.75 Å². The Hall–Kier alpha value is -3.62. The molecule has 0 atom stereocenters. The van der Waals surface area contributed by atoms with Gasteiger partial charge in [0.25, 0.3) is 5.91 Å². The molecule has 4 N–H and O–H groups in total. The zero-order valence-electron chi connectivity index (χ0n) is 14.0. The lowest BCUT2D eigenvalue weighted by Crippen LogP contribution is -2.56. The highest BCUT2D eigenvalue weighted by Crippen LogP contribution is 2.13. The molecule has 0 spiro atoms. The maximum absolute atomic E-state index is 12.3. The fourth-order valence-electron chi connectivity index (χ4n) is 2.37. The van der Waals surface area contributed by atoms with Crippen LogP contribution in [-0.2, 0) is 15.0 Å². The van der Waals surface area contributed by atoms with Crippen LogP contribution in [-0.4, -0.2) is 76.2 Å². The molecular formula is C13H14N6O8S. The second-order valence-electron chi connectivity index (χ2n) is 5.75. The number of aromatic amines is 1. The van der Waals surface area contributed by atoms with E-state index in [1.54, 1.807) is 4.72 Å². The fourth-order valence-corrected chi connectivity index (χ4v) is 3.44. The van der Waals surface area contributed by atoms with Gasteiger partial charge in [0.2, 0.25) is 11.3 Å². The highest BCUT2D eigenvalue weighted by molar-refractivity contribution is 7.88. The van der Waals surface area contributed by atoms with Crippen LogP contribution in [0, 0.1) is 0 Å². The number of amides is 6. The zero-order chi connectivity index (χ0) is 20.6. The third kappa shape index (κ3) is 3.46. The van der Waals surface area contributed by atoms with Crippen molar-refractivity contribution in [2.24, 2.45) is 0 Å². The molecule has 150 valence electrons. The molecule has 0 saturated carbocycles. The quantitative estimate of drug-likeness (QED) is 0.394. The lowest BCUT2D eigenvalue weighted by molar-refractivity contribution is -0.135. The van der Waals surface area contributed by atoms with Gasteiger partial charge < -0.3 is 10.1 Å². The lowest BCUT2D eigenvalue weighted by atomic mass is 10.2. The third-order valence-corrected chi connectivity index (χ3v) is 5.30.